The average Bonchev–Trinajstić information content (AvgIpc) is 3.53. The number of furan rings is 1. The van der Waals surface area contributed by atoms with Gasteiger partial charge in [0.05, 0.1) is 12.3 Å². The molecule has 0 aliphatic carbocycles. The van der Waals surface area contributed by atoms with Gasteiger partial charge < -0.3 is 15.5 Å². The molecule has 0 fully saturated rings. The Bertz CT molecular complexity index is 1390. The molecule has 5 rings (SSSR count). The van der Waals surface area contributed by atoms with Gasteiger partial charge >= 0.3 is 0 Å². The third kappa shape index (κ3) is 3.85. The Kier molecular flexibility index (Phi) is 5.16. The number of nitrogens with one attached hydrogen (secondary N) is 1. The molecule has 2 amide bonds. The molecule has 0 unspecified atom stereocenters. The van der Waals surface area contributed by atoms with Crippen LogP contribution in [0.2, 0.25) is 0 Å². The number of hydrogen-bond acceptors (Lipinski definition) is 5. The Labute approximate surface area is 188 Å². The summed E-state index contributed by atoms with van der Waals surface area (Å²) in [5.41, 5.74) is 8.10. The molecule has 5 aromatic rings. The molecular weight excluding hydrogens is 418 g/mol. The highest BCUT2D eigenvalue weighted by atomic mass is 16.3. The predicted molar refractivity (Wildman–Crippen MR) is 121 cm³/mol. The number of aromatic nitrogens is 3. The highest BCUT2D eigenvalue weighted by Gasteiger charge is 2.23. The molecule has 0 radical (unpaired) electrons. The van der Waals surface area contributed by atoms with Gasteiger partial charge in [-0.25, -0.2) is 9.97 Å². The summed E-state index contributed by atoms with van der Waals surface area (Å²) in [4.78, 5) is 34.0. The van der Waals surface area contributed by atoms with E-state index < -0.39 is 11.9 Å². The van der Waals surface area contributed by atoms with Gasteiger partial charge in [0.2, 0.25) is 0 Å². The van der Waals surface area contributed by atoms with Crippen molar-refractivity contribution in [2.45, 2.75) is 6.04 Å². The van der Waals surface area contributed by atoms with Crippen molar-refractivity contribution in [3.8, 4) is 11.5 Å². The number of benzene rings is 2. The molecule has 0 spiro atoms. The fourth-order valence-corrected chi connectivity index (χ4v) is 3.72. The van der Waals surface area contributed by atoms with E-state index in [1.807, 2.05) is 60.7 Å². The zero-order valence-corrected chi connectivity index (χ0v) is 17.4. The van der Waals surface area contributed by atoms with E-state index in [4.69, 9.17) is 10.2 Å². The van der Waals surface area contributed by atoms with Crippen LogP contribution >= 0.6 is 0 Å². The zero-order chi connectivity index (χ0) is 22.8. The van der Waals surface area contributed by atoms with Crippen LogP contribution in [-0.4, -0.2) is 26.2 Å². The highest BCUT2D eigenvalue weighted by Crippen LogP contribution is 2.25. The van der Waals surface area contributed by atoms with E-state index in [9.17, 15) is 9.59 Å². The molecule has 0 atom stereocenters. The number of rotatable bonds is 6. The molecule has 0 bridgehead atoms. The van der Waals surface area contributed by atoms with Crippen LogP contribution in [0.25, 0.3) is 17.1 Å². The number of carbonyl (C=O) groups excluding carboxylic acids is 2. The fraction of sp³-hybridized carbons (Fsp3) is 0.0400. The maximum absolute atomic E-state index is 13.6. The van der Waals surface area contributed by atoms with E-state index in [1.165, 1.54) is 17.0 Å². The van der Waals surface area contributed by atoms with Crippen molar-refractivity contribution >= 4 is 17.5 Å². The summed E-state index contributed by atoms with van der Waals surface area (Å²) < 4.78 is 6.91. The summed E-state index contributed by atoms with van der Waals surface area (Å²) in [6.07, 6.45) is 2.87. The van der Waals surface area contributed by atoms with Gasteiger partial charge in [-0.15, -0.1) is 0 Å². The maximum atomic E-state index is 13.6. The Morgan fingerprint density at radius 2 is 1.61 bits per heavy atom. The minimum atomic E-state index is -0.737. The lowest BCUT2D eigenvalue weighted by Gasteiger charge is -2.20. The molecule has 8 nitrogen and oxygen atoms in total. The number of nitrogens with zero attached hydrogens (tertiary/aromatic N) is 3. The van der Waals surface area contributed by atoms with Crippen molar-refractivity contribution in [1.29, 1.82) is 0 Å². The molecule has 3 N–H and O–H groups in total. The van der Waals surface area contributed by atoms with E-state index in [0.29, 0.717) is 11.5 Å². The predicted octanol–water partition coefficient (Wildman–Crippen LogP) is 3.61. The highest BCUT2D eigenvalue weighted by molar-refractivity contribution is 5.99. The second kappa shape index (κ2) is 8.43. The Hall–Kier alpha value is -4.72. The number of imidazole rings is 1. The topological polar surface area (TPSA) is 116 Å². The van der Waals surface area contributed by atoms with Crippen LogP contribution in [-0.2, 0) is 0 Å². The summed E-state index contributed by atoms with van der Waals surface area (Å²) in [6, 6.07) is 24.0. The normalized spacial score (nSPS) is 11.1. The van der Waals surface area contributed by atoms with E-state index in [-0.39, 0.29) is 22.9 Å². The molecule has 3 heterocycles. The molecule has 0 saturated carbocycles. The second-order valence-electron chi connectivity index (χ2n) is 7.38. The van der Waals surface area contributed by atoms with Gasteiger partial charge in [-0.3, -0.25) is 14.0 Å². The number of carbonyl (C=O) groups is 2. The van der Waals surface area contributed by atoms with Crippen LogP contribution in [0.1, 0.15) is 38.1 Å². The Morgan fingerprint density at radius 1 is 0.939 bits per heavy atom. The van der Waals surface area contributed by atoms with E-state index in [2.05, 4.69) is 15.3 Å². The summed E-state index contributed by atoms with van der Waals surface area (Å²) in [7, 11) is 0. The van der Waals surface area contributed by atoms with Crippen LogP contribution in [0, 0.1) is 0 Å². The number of fused-ring (bicyclic) bond motifs is 1. The van der Waals surface area contributed by atoms with Gasteiger partial charge in [0, 0.05) is 0 Å². The molecule has 2 aromatic carbocycles. The smallest absolute Gasteiger partial charge is 0.271 e. The van der Waals surface area contributed by atoms with Crippen molar-refractivity contribution < 1.29 is 14.0 Å². The van der Waals surface area contributed by atoms with Gasteiger partial charge in [0.1, 0.15) is 17.7 Å². The number of hydrogen-bond donors (Lipinski definition) is 2. The van der Waals surface area contributed by atoms with Gasteiger partial charge in [0.15, 0.2) is 17.1 Å². The van der Waals surface area contributed by atoms with Gasteiger partial charge in [0.25, 0.3) is 11.8 Å². The molecule has 8 heteroatoms. The van der Waals surface area contributed by atoms with Crippen molar-refractivity contribution in [2.24, 2.45) is 5.73 Å². The van der Waals surface area contributed by atoms with E-state index >= 15 is 0 Å². The first-order chi connectivity index (χ1) is 16.1. The quantitative estimate of drug-likeness (QED) is 0.421. The molecule has 0 aliphatic heterocycles. The fourth-order valence-electron chi connectivity index (χ4n) is 3.72. The van der Waals surface area contributed by atoms with Gasteiger partial charge in [-0.1, -0.05) is 60.7 Å². The van der Waals surface area contributed by atoms with Crippen molar-refractivity contribution in [3.63, 3.8) is 0 Å². The Balaban J connectivity index is 1.62. The van der Waals surface area contributed by atoms with Crippen LogP contribution < -0.4 is 11.1 Å². The third-order valence-electron chi connectivity index (χ3n) is 5.28. The van der Waals surface area contributed by atoms with E-state index in [1.54, 1.807) is 18.2 Å². The number of nitrogens with two attached hydrogens (primary N) is 1. The first-order valence-corrected chi connectivity index (χ1v) is 10.2. The largest absolute Gasteiger partial charge is 0.463 e. The lowest BCUT2D eigenvalue weighted by Crippen LogP contribution is -2.31. The molecular formula is C25H19N5O3. The van der Waals surface area contributed by atoms with Gasteiger partial charge in [-0.05, 0) is 29.3 Å². The van der Waals surface area contributed by atoms with E-state index in [0.717, 1.165) is 11.1 Å². The lowest BCUT2D eigenvalue weighted by molar-refractivity contribution is 0.0935. The second-order valence-corrected chi connectivity index (χ2v) is 7.38. The summed E-state index contributed by atoms with van der Waals surface area (Å²) in [5.74, 6) is -0.661. The molecule has 162 valence electrons. The van der Waals surface area contributed by atoms with Crippen LogP contribution in [0.5, 0.6) is 0 Å². The summed E-state index contributed by atoms with van der Waals surface area (Å²) >= 11 is 0. The monoisotopic (exact) mass is 437 g/mol. The van der Waals surface area contributed by atoms with Crippen molar-refractivity contribution in [1.82, 2.24) is 19.7 Å². The van der Waals surface area contributed by atoms with Crippen LogP contribution in [0.3, 0.4) is 0 Å². The SMILES string of the molecule is NC(=O)c1ncn2c(C(=O)NC(c3ccccc3)c3ccccc3)cc(-c3ccco3)nc12. The zero-order valence-electron chi connectivity index (χ0n) is 17.4. The lowest BCUT2D eigenvalue weighted by atomic mass is 9.98. The minimum Gasteiger partial charge on any atom is -0.463 e. The Morgan fingerprint density at radius 3 is 2.18 bits per heavy atom. The van der Waals surface area contributed by atoms with Crippen molar-refractivity contribution in [2.75, 3.05) is 0 Å². The summed E-state index contributed by atoms with van der Waals surface area (Å²) in [5, 5.41) is 3.11. The number of amides is 2. The molecule has 3 aromatic heterocycles. The maximum Gasteiger partial charge on any atom is 0.271 e. The molecule has 0 aliphatic rings. The van der Waals surface area contributed by atoms with Crippen LogP contribution in [0.15, 0.2) is 95.9 Å². The number of primary amides is 1. The molecule has 0 saturated heterocycles. The average molecular weight is 437 g/mol. The van der Waals surface area contributed by atoms with Gasteiger partial charge in [-0.2, -0.15) is 0 Å². The van der Waals surface area contributed by atoms with Crippen molar-refractivity contribution in [3.05, 3.63) is 114 Å². The molecule has 33 heavy (non-hydrogen) atoms. The third-order valence-corrected chi connectivity index (χ3v) is 5.28. The summed E-state index contributed by atoms with van der Waals surface area (Å²) in [6.45, 7) is 0. The first-order valence-electron chi connectivity index (χ1n) is 10.2. The first kappa shape index (κ1) is 20.2. The van der Waals surface area contributed by atoms with Crippen LogP contribution in [0.4, 0.5) is 0 Å². The standard InChI is InChI=1S/C25H19N5O3/c26-23(31)22-24-28-18(20-12-7-13-33-20)14-19(30(24)15-27-22)25(32)29-21(16-8-3-1-4-9-16)17-10-5-2-6-11-17/h1-15,21H,(H2,26,31)(H,29,32). The minimum absolute atomic E-state index is 0.0277.